The zero-order valence-electron chi connectivity index (χ0n) is 20.4. The molecule has 9 rings (SSSR count). The number of para-hydroxylation sites is 2. The van der Waals surface area contributed by atoms with Gasteiger partial charge in [-0.25, -0.2) is 9.97 Å². The highest BCUT2D eigenvalue weighted by Gasteiger charge is 2.41. The van der Waals surface area contributed by atoms with Crippen molar-refractivity contribution in [2.75, 3.05) is 0 Å². The van der Waals surface area contributed by atoms with Crippen molar-refractivity contribution in [2.45, 2.75) is 62.2 Å². The fourth-order valence-electron chi connectivity index (χ4n) is 8.45. The van der Waals surface area contributed by atoms with E-state index in [1.54, 1.807) is 22.3 Å². The van der Waals surface area contributed by atoms with Crippen LogP contribution in [0, 0.1) is 0 Å². The van der Waals surface area contributed by atoms with Gasteiger partial charge in [-0.15, -0.1) is 0 Å². The highest BCUT2D eigenvalue weighted by atomic mass is 14.7. The number of hydrogen-bond acceptors (Lipinski definition) is 2. The molecule has 2 fully saturated rings. The Labute approximate surface area is 211 Å². The normalized spacial score (nSPS) is 25.1. The van der Waals surface area contributed by atoms with Crippen LogP contribution < -0.4 is 0 Å². The predicted molar refractivity (Wildman–Crippen MR) is 147 cm³/mol. The average Bonchev–Trinajstić information content (AvgIpc) is 3.74. The molecule has 0 N–H and O–H groups in total. The molecule has 4 atom stereocenters. The van der Waals surface area contributed by atoms with E-state index in [4.69, 9.17) is 9.97 Å². The molecule has 0 amide bonds. The van der Waals surface area contributed by atoms with Gasteiger partial charge in [0.1, 0.15) is 0 Å². The van der Waals surface area contributed by atoms with E-state index in [0.29, 0.717) is 11.8 Å². The van der Waals surface area contributed by atoms with Crippen LogP contribution in [0.25, 0.3) is 44.3 Å². The van der Waals surface area contributed by atoms with Crippen LogP contribution in [0.5, 0.6) is 0 Å². The molecule has 0 saturated heterocycles. The van der Waals surface area contributed by atoms with Crippen molar-refractivity contribution >= 4 is 21.8 Å². The molecule has 2 nitrogen and oxygen atoms in total. The molecule has 4 unspecified atom stereocenters. The second-order valence-corrected chi connectivity index (χ2v) is 11.6. The first-order valence-electron chi connectivity index (χ1n) is 13.8. The minimum Gasteiger partial charge on any atom is -0.247 e. The highest BCUT2D eigenvalue weighted by Crippen LogP contribution is 2.58. The monoisotopic (exact) mass is 464 g/mol. The third kappa shape index (κ3) is 2.52. The Balaban J connectivity index is 1.22. The van der Waals surface area contributed by atoms with Gasteiger partial charge in [-0.3, -0.25) is 0 Å². The first-order valence-corrected chi connectivity index (χ1v) is 13.8. The standard InChI is InChI=1S/C34H28N2/c1-3-7-27-25(5-1)29-21-13-15-23(17-21)31(29)33(35-27)19-9-11-20(12-10-19)34-32-24-16-14-22(18-24)30(32)26-6-2-4-8-28(26)36-34/h1-12,21-24H,13-18H2. The Bertz CT molecular complexity index is 1590. The summed E-state index contributed by atoms with van der Waals surface area (Å²) < 4.78 is 0. The van der Waals surface area contributed by atoms with Crippen LogP contribution in [-0.4, -0.2) is 9.97 Å². The summed E-state index contributed by atoms with van der Waals surface area (Å²) in [7, 11) is 0. The van der Waals surface area contributed by atoms with E-state index in [0.717, 1.165) is 22.9 Å². The molecule has 2 aromatic heterocycles. The smallest absolute Gasteiger partial charge is 0.0747 e. The fraction of sp³-hybridized carbons (Fsp3) is 0.294. The van der Waals surface area contributed by atoms with Gasteiger partial charge in [-0.05, 0) is 96.6 Å². The molecule has 0 spiro atoms. The lowest BCUT2D eigenvalue weighted by atomic mass is 9.85. The van der Waals surface area contributed by atoms with Crippen LogP contribution >= 0.6 is 0 Å². The van der Waals surface area contributed by atoms with Gasteiger partial charge in [0.15, 0.2) is 0 Å². The van der Waals surface area contributed by atoms with Crippen molar-refractivity contribution in [1.82, 2.24) is 9.97 Å². The minimum absolute atomic E-state index is 0.678. The van der Waals surface area contributed by atoms with Crippen molar-refractivity contribution in [2.24, 2.45) is 0 Å². The first kappa shape index (κ1) is 19.6. The van der Waals surface area contributed by atoms with Gasteiger partial charge in [-0.2, -0.15) is 0 Å². The Morgan fingerprint density at radius 3 is 1.28 bits per heavy atom. The summed E-state index contributed by atoms with van der Waals surface area (Å²) in [4.78, 5) is 10.5. The highest BCUT2D eigenvalue weighted by molar-refractivity contribution is 5.91. The minimum atomic E-state index is 0.678. The third-order valence-corrected chi connectivity index (χ3v) is 9.87. The maximum atomic E-state index is 5.25. The molecular weight excluding hydrogens is 436 g/mol. The van der Waals surface area contributed by atoms with Gasteiger partial charge < -0.3 is 0 Å². The molecule has 4 bridgehead atoms. The Hall–Kier alpha value is -3.52. The van der Waals surface area contributed by atoms with E-state index in [2.05, 4.69) is 72.8 Å². The van der Waals surface area contributed by atoms with Crippen molar-refractivity contribution in [1.29, 1.82) is 0 Å². The van der Waals surface area contributed by atoms with Crippen LogP contribution in [0.3, 0.4) is 0 Å². The molecule has 174 valence electrons. The second-order valence-electron chi connectivity index (χ2n) is 11.6. The number of pyridine rings is 2. The van der Waals surface area contributed by atoms with Crippen LogP contribution in [0.15, 0.2) is 72.8 Å². The quantitative estimate of drug-likeness (QED) is 0.261. The van der Waals surface area contributed by atoms with E-state index in [9.17, 15) is 0 Å². The fourth-order valence-corrected chi connectivity index (χ4v) is 8.45. The van der Waals surface area contributed by atoms with E-state index >= 15 is 0 Å². The van der Waals surface area contributed by atoms with Gasteiger partial charge in [0.2, 0.25) is 0 Å². The van der Waals surface area contributed by atoms with Gasteiger partial charge in [0.25, 0.3) is 0 Å². The van der Waals surface area contributed by atoms with Crippen LogP contribution in [0.2, 0.25) is 0 Å². The second kappa shape index (κ2) is 7.03. The number of rotatable bonds is 2. The summed E-state index contributed by atoms with van der Waals surface area (Å²) in [6.45, 7) is 0. The third-order valence-electron chi connectivity index (χ3n) is 9.87. The first-order chi connectivity index (χ1) is 17.8. The summed E-state index contributed by atoms with van der Waals surface area (Å²) in [5, 5.41) is 2.76. The predicted octanol–water partition coefficient (Wildman–Crippen LogP) is 8.85. The molecular formula is C34H28N2. The summed E-state index contributed by atoms with van der Waals surface area (Å²) >= 11 is 0. The summed E-state index contributed by atoms with van der Waals surface area (Å²) in [5.41, 5.74) is 13.5. The number of fused-ring (bicyclic) bond motifs is 14. The molecule has 5 aromatic rings. The largest absolute Gasteiger partial charge is 0.247 e. The van der Waals surface area contributed by atoms with Crippen LogP contribution in [-0.2, 0) is 0 Å². The van der Waals surface area contributed by atoms with E-state index in [1.165, 1.54) is 71.8 Å². The zero-order valence-corrected chi connectivity index (χ0v) is 20.4. The Kier molecular flexibility index (Phi) is 3.84. The summed E-state index contributed by atoms with van der Waals surface area (Å²) in [6.07, 6.45) is 7.93. The van der Waals surface area contributed by atoms with Crippen molar-refractivity contribution in [3.63, 3.8) is 0 Å². The average molecular weight is 465 g/mol. The molecule has 0 radical (unpaired) electrons. The molecule has 4 aliphatic carbocycles. The van der Waals surface area contributed by atoms with Crippen molar-refractivity contribution in [3.05, 3.63) is 95.1 Å². The molecule has 4 aliphatic rings. The van der Waals surface area contributed by atoms with Gasteiger partial charge in [0.05, 0.1) is 22.4 Å². The maximum Gasteiger partial charge on any atom is 0.0747 e. The van der Waals surface area contributed by atoms with Crippen molar-refractivity contribution in [3.8, 4) is 22.5 Å². The lowest BCUT2D eigenvalue weighted by Crippen LogP contribution is -2.05. The zero-order chi connectivity index (χ0) is 23.4. The molecule has 0 aliphatic heterocycles. The van der Waals surface area contributed by atoms with E-state index < -0.39 is 0 Å². The van der Waals surface area contributed by atoms with Gasteiger partial charge in [0, 0.05) is 21.9 Å². The van der Waals surface area contributed by atoms with Gasteiger partial charge in [-0.1, -0.05) is 60.7 Å². The molecule has 3 aromatic carbocycles. The molecule has 2 saturated carbocycles. The summed E-state index contributed by atoms with van der Waals surface area (Å²) in [6, 6.07) is 26.8. The van der Waals surface area contributed by atoms with E-state index in [-0.39, 0.29) is 0 Å². The topological polar surface area (TPSA) is 25.8 Å². The molecule has 2 heterocycles. The Morgan fingerprint density at radius 2 is 0.833 bits per heavy atom. The lowest BCUT2D eigenvalue weighted by Gasteiger charge is -2.22. The summed E-state index contributed by atoms with van der Waals surface area (Å²) in [5.74, 6) is 2.79. The maximum absolute atomic E-state index is 5.25. The SMILES string of the molecule is c1ccc2c3c(c(-c4ccc(-c5nc6ccccc6c6c5C5CCC6C5)cc4)nc2c1)C1CCC3C1. The Morgan fingerprint density at radius 1 is 0.444 bits per heavy atom. The lowest BCUT2D eigenvalue weighted by molar-refractivity contribution is 0.720. The number of nitrogens with zero attached hydrogens (tertiary/aromatic N) is 2. The van der Waals surface area contributed by atoms with Crippen LogP contribution in [0.1, 0.15) is 84.5 Å². The van der Waals surface area contributed by atoms with Crippen molar-refractivity contribution < 1.29 is 0 Å². The van der Waals surface area contributed by atoms with E-state index in [1.807, 2.05) is 0 Å². The van der Waals surface area contributed by atoms with Crippen LogP contribution in [0.4, 0.5) is 0 Å². The number of aromatic nitrogens is 2. The molecule has 36 heavy (non-hydrogen) atoms. The molecule has 2 heteroatoms. The number of benzene rings is 3. The number of hydrogen-bond donors (Lipinski definition) is 0. The van der Waals surface area contributed by atoms with Gasteiger partial charge >= 0.3 is 0 Å².